The Hall–Kier alpha value is -2.69. The average molecular weight is 401 g/mol. The first-order valence-electron chi connectivity index (χ1n) is 8.09. The van der Waals surface area contributed by atoms with Gasteiger partial charge in [0.2, 0.25) is 0 Å². The van der Waals surface area contributed by atoms with E-state index >= 15 is 0 Å². The van der Waals surface area contributed by atoms with Crippen LogP contribution in [0.5, 0.6) is 0 Å². The van der Waals surface area contributed by atoms with E-state index in [1.165, 1.54) is 24.3 Å². The summed E-state index contributed by atoms with van der Waals surface area (Å²) in [7, 11) is 0. The molecule has 27 heavy (non-hydrogen) atoms. The normalized spacial score (nSPS) is 11.0. The van der Waals surface area contributed by atoms with E-state index in [1.54, 1.807) is 47.1 Å². The maximum Gasteiger partial charge on any atom is 0.123 e. The van der Waals surface area contributed by atoms with Gasteiger partial charge in [0.05, 0.1) is 16.4 Å². The van der Waals surface area contributed by atoms with Crippen LogP contribution in [0.2, 0.25) is 10.0 Å². The summed E-state index contributed by atoms with van der Waals surface area (Å²) >= 11 is 12.8. The second-order valence-corrected chi connectivity index (χ2v) is 6.73. The Labute approximate surface area is 164 Å². The molecule has 0 amide bonds. The van der Waals surface area contributed by atoms with Gasteiger partial charge in [-0.3, -0.25) is 0 Å². The van der Waals surface area contributed by atoms with Crippen LogP contribution in [0, 0.1) is 11.6 Å². The molecule has 0 unspecified atom stereocenters. The number of aromatic nitrogens is 2. The van der Waals surface area contributed by atoms with E-state index in [4.69, 9.17) is 23.2 Å². The Balaban J connectivity index is 1.97. The predicted molar refractivity (Wildman–Crippen MR) is 104 cm³/mol. The van der Waals surface area contributed by atoms with Crippen molar-refractivity contribution in [1.82, 2.24) is 9.78 Å². The van der Waals surface area contributed by atoms with Gasteiger partial charge in [-0.05, 0) is 66.7 Å². The molecule has 0 radical (unpaired) electrons. The number of hydrogen-bond acceptors (Lipinski definition) is 1. The zero-order valence-corrected chi connectivity index (χ0v) is 15.3. The van der Waals surface area contributed by atoms with Crippen LogP contribution in [0.4, 0.5) is 8.78 Å². The fourth-order valence-electron chi connectivity index (χ4n) is 2.84. The van der Waals surface area contributed by atoms with Crippen molar-refractivity contribution in [2.45, 2.75) is 0 Å². The van der Waals surface area contributed by atoms with Gasteiger partial charge in [-0.2, -0.15) is 5.10 Å². The van der Waals surface area contributed by atoms with Gasteiger partial charge < -0.3 is 0 Å². The van der Waals surface area contributed by atoms with E-state index in [1.807, 2.05) is 6.07 Å². The molecule has 134 valence electrons. The summed E-state index contributed by atoms with van der Waals surface area (Å²) in [5.41, 5.74) is 3.17. The quantitative estimate of drug-likeness (QED) is 0.370. The van der Waals surface area contributed by atoms with Crippen molar-refractivity contribution in [2.75, 3.05) is 0 Å². The molecule has 0 bridgehead atoms. The molecule has 0 fully saturated rings. The molecule has 4 aromatic rings. The fraction of sp³-hybridized carbons (Fsp3) is 0. The maximum absolute atomic E-state index is 13.4. The average Bonchev–Trinajstić information content (AvgIpc) is 3.00. The minimum absolute atomic E-state index is 0.345. The third-order valence-corrected chi connectivity index (χ3v) is 4.71. The number of nitrogens with zero attached hydrogens (tertiary/aromatic N) is 2. The molecule has 0 atom stereocenters. The van der Waals surface area contributed by atoms with Gasteiger partial charge >= 0.3 is 0 Å². The molecule has 4 rings (SSSR count). The molecule has 0 aliphatic carbocycles. The van der Waals surface area contributed by atoms with Crippen molar-refractivity contribution in [2.24, 2.45) is 0 Å². The summed E-state index contributed by atoms with van der Waals surface area (Å²) < 4.78 is 28.3. The van der Waals surface area contributed by atoms with Crippen LogP contribution in [0.15, 0.2) is 72.8 Å². The molecular weight excluding hydrogens is 389 g/mol. The molecule has 0 spiro atoms. The first-order chi connectivity index (χ1) is 13.0. The molecule has 1 aromatic heterocycles. The second-order valence-electron chi connectivity index (χ2n) is 5.92. The zero-order chi connectivity index (χ0) is 19.0. The maximum atomic E-state index is 13.4. The largest absolute Gasteiger partial charge is 0.231 e. The molecule has 2 nitrogen and oxygen atoms in total. The van der Waals surface area contributed by atoms with Crippen molar-refractivity contribution in [3.8, 4) is 28.2 Å². The molecule has 6 heteroatoms. The Morgan fingerprint density at radius 2 is 1.33 bits per heavy atom. The second kappa shape index (κ2) is 7.14. The lowest BCUT2D eigenvalue weighted by Crippen LogP contribution is -1.99. The first-order valence-corrected chi connectivity index (χ1v) is 8.85. The van der Waals surface area contributed by atoms with Gasteiger partial charge in [0.25, 0.3) is 0 Å². The van der Waals surface area contributed by atoms with Gasteiger partial charge in [-0.1, -0.05) is 29.3 Å². The van der Waals surface area contributed by atoms with Crippen LogP contribution in [-0.2, 0) is 0 Å². The molecule has 0 aliphatic rings. The highest BCUT2D eigenvalue weighted by Crippen LogP contribution is 2.38. The summed E-state index contributed by atoms with van der Waals surface area (Å²) in [5.74, 6) is -0.689. The highest BCUT2D eigenvalue weighted by molar-refractivity contribution is 6.35. The monoisotopic (exact) mass is 400 g/mol. The minimum atomic E-state index is -0.345. The fourth-order valence-corrected chi connectivity index (χ4v) is 3.36. The summed E-state index contributed by atoms with van der Waals surface area (Å²) in [4.78, 5) is 0. The minimum Gasteiger partial charge on any atom is -0.231 e. The standard InChI is InChI=1S/C21H12Cl2F2N2/c22-15-2-1-3-18(12-15)27-21(14-6-10-17(25)11-7-14)19(23)20(26-27)13-4-8-16(24)9-5-13/h1-12H. The Kier molecular flexibility index (Phi) is 4.68. The van der Waals surface area contributed by atoms with E-state index in [-0.39, 0.29) is 11.6 Å². The van der Waals surface area contributed by atoms with Crippen molar-refractivity contribution >= 4 is 23.2 Å². The molecule has 1 heterocycles. The highest BCUT2D eigenvalue weighted by atomic mass is 35.5. The summed E-state index contributed by atoms with van der Waals surface area (Å²) in [5, 5.41) is 5.56. The van der Waals surface area contributed by atoms with E-state index in [0.717, 1.165) is 0 Å². The highest BCUT2D eigenvalue weighted by Gasteiger charge is 2.20. The van der Waals surface area contributed by atoms with Crippen LogP contribution in [0.3, 0.4) is 0 Å². The summed E-state index contributed by atoms with van der Waals surface area (Å²) in [6, 6.07) is 19.1. The predicted octanol–water partition coefficient (Wildman–Crippen LogP) is 6.79. The lowest BCUT2D eigenvalue weighted by molar-refractivity contribution is 0.627. The molecular formula is C21H12Cl2F2N2. The third kappa shape index (κ3) is 3.46. The van der Waals surface area contributed by atoms with Crippen LogP contribution in [0.1, 0.15) is 0 Å². The van der Waals surface area contributed by atoms with E-state index in [0.29, 0.717) is 38.2 Å². The molecule has 0 N–H and O–H groups in total. The number of benzene rings is 3. The van der Waals surface area contributed by atoms with Crippen molar-refractivity contribution in [3.05, 3.63) is 94.5 Å². The summed E-state index contributed by atoms with van der Waals surface area (Å²) in [6.07, 6.45) is 0. The smallest absolute Gasteiger partial charge is 0.123 e. The van der Waals surface area contributed by atoms with Crippen molar-refractivity contribution in [3.63, 3.8) is 0 Å². The Morgan fingerprint density at radius 3 is 1.93 bits per heavy atom. The first kappa shape index (κ1) is 17.7. The molecule has 0 saturated heterocycles. The van der Waals surface area contributed by atoms with Gasteiger partial charge in [-0.15, -0.1) is 0 Å². The van der Waals surface area contributed by atoms with Crippen LogP contribution in [-0.4, -0.2) is 9.78 Å². The third-order valence-electron chi connectivity index (χ3n) is 4.12. The SMILES string of the molecule is Fc1ccc(-c2nn(-c3cccc(Cl)c3)c(-c3ccc(F)cc3)c2Cl)cc1. The van der Waals surface area contributed by atoms with Crippen LogP contribution < -0.4 is 0 Å². The van der Waals surface area contributed by atoms with E-state index in [2.05, 4.69) is 5.10 Å². The number of rotatable bonds is 3. The van der Waals surface area contributed by atoms with Crippen molar-refractivity contribution < 1.29 is 8.78 Å². The van der Waals surface area contributed by atoms with Gasteiger partial charge in [-0.25, -0.2) is 13.5 Å². The molecule has 0 saturated carbocycles. The van der Waals surface area contributed by atoms with Crippen molar-refractivity contribution in [1.29, 1.82) is 0 Å². The number of hydrogen-bond donors (Lipinski definition) is 0. The van der Waals surface area contributed by atoms with Gasteiger partial charge in [0, 0.05) is 16.1 Å². The lowest BCUT2D eigenvalue weighted by atomic mass is 10.1. The summed E-state index contributed by atoms with van der Waals surface area (Å²) in [6.45, 7) is 0. The Bertz CT molecular complexity index is 1100. The van der Waals surface area contributed by atoms with Gasteiger partial charge in [0.15, 0.2) is 0 Å². The van der Waals surface area contributed by atoms with E-state index in [9.17, 15) is 8.78 Å². The number of halogens is 4. The van der Waals surface area contributed by atoms with Gasteiger partial charge in [0.1, 0.15) is 17.3 Å². The molecule has 3 aromatic carbocycles. The van der Waals surface area contributed by atoms with Crippen LogP contribution in [0.25, 0.3) is 28.2 Å². The van der Waals surface area contributed by atoms with Crippen LogP contribution >= 0.6 is 23.2 Å². The zero-order valence-electron chi connectivity index (χ0n) is 13.8. The molecule has 0 aliphatic heterocycles. The van der Waals surface area contributed by atoms with E-state index < -0.39 is 0 Å². The lowest BCUT2D eigenvalue weighted by Gasteiger charge is -2.08. The Morgan fingerprint density at radius 1 is 0.741 bits per heavy atom. The topological polar surface area (TPSA) is 17.8 Å².